The van der Waals surface area contributed by atoms with Crippen molar-refractivity contribution in [2.45, 2.75) is 31.7 Å². The zero-order valence-electron chi connectivity index (χ0n) is 11.2. The van der Waals surface area contributed by atoms with E-state index < -0.39 is 0 Å². The molecule has 0 bridgehead atoms. The maximum atomic E-state index is 13.7. The van der Waals surface area contributed by atoms with E-state index in [0.717, 1.165) is 36.6 Å². The molecule has 0 aliphatic heterocycles. The summed E-state index contributed by atoms with van der Waals surface area (Å²) in [6.45, 7) is 0. The molecule has 0 amide bonds. The summed E-state index contributed by atoms with van der Waals surface area (Å²) in [6.07, 6.45) is 5.92. The summed E-state index contributed by atoms with van der Waals surface area (Å²) < 4.78 is 15.9. The number of fused-ring (bicyclic) bond motifs is 3. The third-order valence-electron chi connectivity index (χ3n) is 4.27. The van der Waals surface area contributed by atoms with Gasteiger partial charge < -0.3 is 4.98 Å². The van der Waals surface area contributed by atoms with E-state index in [-0.39, 0.29) is 17.5 Å². The molecular formula is C15H13BrFN3O. The smallest absolute Gasteiger partial charge is 0.304 e. The van der Waals surface area contributed by atoms with Crippen molar-refractivity contribution in [1.29, 1.82) is 0 Å². The van der Waals surface area contributed by atoms with Gasteiger partial charge in [-0.3, -0.25) is 9.55 Å². The van der Waals surface area contributed by atoms with Crippen molar-refractivity contribution < 1.29 is 4.39 Å². The van der Waals surface area contributed by atoms with E-state index in [0.29, 0.717) is 15.5 Å². The van der Waals surface area contributed by atoms with Gasteiger partial charge in [-0.1, -0.05) is 12.8 Å². The number of imidazole rings is 1. The lowest BCUT2D eigenvalue weighted by Crippen LogP contribution is -2.20. The Morgan fingerprint density at radius 3 is 2.86 bits per heavy atom. The van der Waals surface area contributed by atoms with Crippen molar-refractivity contribution in [2.24, 2.45) is 0 Å². The first kappa shape index (κ1) is 13.0. The number of halogens is 2. The van der Waals surface area contributed by atoms with Crippen LogP contribution in [0.4, 0.5) is 4.39 Å². The predicted molar refractivity (Wildman–Crippen MR) is 83.0 cm³/mol. The number of rotatable bonds is 1. The summed E-state index contributed by atoms with van der Waals surface area (Å²) in [4.78, 5) is 19.4. The Morgan fingerprint density at radius 2 is 2.10 bits per heavy atom. The quantitative estimate of drug-likeness (QED) is 0.724. The molecule has 0 radical (unpaired) electrons. The zero-order valence-corrected chi connectivity index (χ0v) is 12.8. The monoisotopic (exact) mass is 349 g/mol. The van der Waals surface area contributed by atoms with Crippen LogP contribution in [0.3, 0.4) is 0 Å². The average Bonchev–Trinajstić information content (AvgIpc) is 3.06. The molecule has 0 spiro atoms. The number of pyridine rings is 1. The molecule has 2 heterocycles. The zero-order chi connectivity index (χ0) is 14.6. The molecule has 4 nitrogen and oxygen atoms in total. The van der Waals surface area contributed by atoms with Gasteiger partial charge in [0, 0.05) is 17.5 Å². The van der Waals surface area contributed by atoms with Crippen LogP contribution in [0, 0.1) is 5.82 Å². The third kappa shape index (κ3) is 1.92. The predicted octanol–water partition coefficient (Wildman–Crippen LogP) is 3.89. The van der Waals surface area contributed by atoms with Crippen molar-refractivity contribution in [1.82, 2.24) is 14.5 Å². The first-order chi connectivity index (χ1) is 10.1. The van der Waals surface area contributed by atoms with E-state index >= 15 is 0 Å². The van der Waals surface area contributed by atoms with Gasteiger partial charge in [0.1, 0.15) is 5.82 Å². The second-order valence-corrected chi connectivity index (χ2v) is 6.40. The first-order valence-corrected chi connectivity index (χ1v) is 7.82. The van der Waals surface area contributed by atoms with E-state index in [4.69, 9.17) is 0 Å². The normalized spacial score (nSPS) is 16.3. The summed E-state index contributed by atoms with van der Waals surface area (Å²) in [6, 6.07) is 3.33. The Bertz CT molecular complexity index is 909. The summed E-state index contributed by atoms with van der Waals surface area (Å²) in [5, 5.41) is 0.797. The Balaban J connectivity index is 2.13. The largest absolute Gasteiger partial charge is 0.326 e. The van der Waals surface area contributed by atoms with Gasteiger partial charge >= 0.3 is 5.69 Å². The van der Waals surface area contributed by atoms with Gasteiger partial charge in [-0.25, -0.2) is 9.18 Å². The number of nitrogens with one attached hydrogen (secondary N) is 1. The molecule has 0 atom stereocenters. The highest BCUT2D eigenvalue weighted by atomic mass is 79.9. The minimum Gasteiger partial charge on any atom is -0.304 e. The highest BCUT2D eigenvalue weighted by Gasteiger charge is 2.22. The lowest BCUT2D eigenvalue weighted by atomic mass is 10.1. The number of hydrogen-bond donors (Lipinski definition) is 1. The standard InChI is InChI=1S/C15H13BrFN3O/c16-10-5-9-12(6-11(10)17)18-7-13-14(9)20(15(21)19-13)8-3-1-2-4-8/h5-8H,1-4H2,(H,19,21). The van der Waals surface area contributed by atoms with Gasteiger partial charge in [-0.15, -0.1) is 0 Å². The van der Waals surface area contributed by atoms with Crippen LogP contribution in [0.5, 0.6) is 0 Å². The topological polar surface area (TPSA) is 50.7 Å². The van der Waals surface area contributed by atoms with Gasteiger partial charge in [0.05, 0.1) is 27.2 Å². The summed E-state index contributed by atoms with van der Waals surface area (Å²) in [5.41, 5.74) is 2.00. The van der Waals surface area contributed by atoms with E-state index in [2.05, 4.69) is 25.9 Å². The molecule has 0 unspecified atom stereocenters. The van der Waals surface area contributed by atoms with Crippen LogP contribution in [0.25, 0.3) is 21.9 Å². The SMILES string of the molecule is O=c1[nH]c2cnc3cc(F)c(Br)cc3c2n1C1CCCC1. The highest BCUT2D eigenvalue weighted by molar-refractivity contribution is 9.10. The molecule has 1 aromatic carbocycles. The molecule has 6 heteroatoms. The Hall–Kier alpha value is -1.69. The number of benzene rings is 1. The van der Waals surface area contributed by atoms with Crippen LogP contribution in [0.15, 0.2) is 27.6 Å². The highest BCUT2D eigenvalue weighted by Crippen LogP contribution is 2.33. The fourth-order valence-electron chi connectivity index (χ4n) is 3.31. The van der Waals surface area contributed by atoms with Crippen molar-refractivity contribution >= 4 is 37.9 Å². The number of nitrogens with zero attached hydrogens (tertiary/aromatic N) is 2. The van der Waals surface area contributed by atoms with Crippen LogP contribution in [-0.4, -0.2) is 14.5 Å². The fourth-order valence-corrected chi connectivity index (χ4v) is 3.66. The van der Waals surface area contributed by atoms with Crippen LogP contribution in [0.1, 0.15) is 31.7 Å². The van der Waals surface area contributed by atoms with Crippen molar-refractivity contribution in [3.8, 4) is 0 Å². The van der Waals surface area contributed by atoms with Crippen molar-refractivity contribution in [3.63, 3.8) is 0 Å². The minimum atomic E-state index is -0.348. The van der Waals surface area contributed by atoms with Crippen molar-refractivity contribution in [3.05, 3.63) is 39.1 Å². The molecule has 1 N–H and O–H groups in total. The lowest BCUT2D eigenvalue weighted by Gasteiger charge is -2.12. The molecule has 108 valence electrons. The Morgan fingerprint density at radius 1 is 1.33 bits per heavy atom. The third-order valence-corrected chi connectivity index (χ3v) is 4.88. The van der Waals surface area contributed by atoms with Gasteiger partial charge in [0.2, 0.25) is 0 Å². The van der Waals surface area contributed by atoms with Crippen LogP contribution in [0.2, 0.25) is 0 Å². The number of aromatic amines is 1. The molecule has 1 aliphatic carbocycles. The number of hydrogen-bond acceptors (Lipinski definition) is 2. The first-order valence-electron chi connectivity index (χ1n) is 7.03. The molecule has 21 heavy (non-hydrogen) atoms. The van der Waals surface area contributed by atoms with Crippen molar-refractivity contribution in [2.75, 3.05) is 0 Å². The van der Waals surface area contributed by atoms with E-state index in [1.165, 1.54) is 6.07 Å². The fraction of sp³-hybridized carbons (Fsp3) is 0.333. The van der Waals surface area contributed by atoms with Gasteiger partial charge in [-0.2, -0.15) is 0 Å². The van der Waals surface area contributed by atoms with Crippen LogP contribution < -0.4 is 5.69 Å². The molecular weight excluding hydrogens is 337 g/mol. The maximum Gasteiger partial charge on any atom is 0.326 e. The molecule has 2 aromatic heterocycles. The van der Waals surface area contributed by atoms with E-state index in [1.54, 1.807) is 12.3 Å². The second kappa shape index (κ2) is 4.66. The molecule has 0 saturated heterocycles. The van der Waals surface area contributed by atoms with Gasteiger partial charge in [0.25, 0.3) is 0 Å². The molecule has 4 rings (SSSR count). The lowest BCUT2D eigenvalue weighted by molar-refractivity contribution is 0.519. The molecule has 1 aliphatic rings. The molecule has 1 fully saturated rings. The average molecular weight is 350 g/mol. The summed E-state index contributed by atoms with van der Waals surface area (Å²) in [5.74, 6) is -0.348. The second-order valence-electron chi connectivity index (χ2n) is 5.54. The minimum absolute atomic E-state index is 0.105. The van der Waals surface area contributed by atoms with Crippen LogP contribution in [-0.2, 0) is 0 Å². The van der Waals surface area contributed by atoms with Crippen LogP contribution >= 0.6 is 15.9 Å². The number of H-pyrrole nitrogens is 1. The van der Waals surface area contributed by atoms with E-state index in [9.17, 15) is 9.18 Å². The number of aromatic nitrogens is 3. The van der Waals surface area contributed by atoms with Gasteiger partial charge in [0.15, 0.2) is 0 Å². The molecule has 1 saturated carbocycles. The summed E-state index contributed by atoms with van der Waals surface area (Å²) >= 11 is 3.22. The summed E-state index contributed by atoms with van der Waals surface area (Å²) in [7, 11) is 0. The van der Waals surface area contributed by atoms with E-state index in [1.807, 2.05) is 4.57 Å². The Kier molecular flexibility index (Phi) is 2.89. The Labute approximate surface area is 128 Å². The van der Waals surface area contributed by atoms with Gasteiger partial charge in [-0.05, 0) is 34.8 Å². The maximum absolute atomic E-state index is 13.7. The molecule has 3 aromatic rings.